The lowest BCUT2D eigenvalue weighted by molar-refractivity contribution is -0.156. The molecule has 2 N–H and O–H groups in total. The van der Waals surface area contributed by atoms with Crippen molar-refractivity contribution in [2.75, 3.05) is 13.1 Å². The van der Waals surface area contributed by atoms with Crippen molar-refractivity contribution in [1.29, 1.82) is 0 Å². The molecular weight excluding hydrogens is 405 g/mol. The Hall–Kier alpha value is -3.56. The number of hydrogen-bond donors (Lipinski definition) is 2. The van der Waals surface area contributed by atoms with Crippen molar-refractivity contribution < 1.29 is 37.0 Å². The minimum absolute atomic E-state index is 0.249. The maximum atomic E-state index is 12.1. The first-order valence-electron chi connectivity index (χ1n) is 8.79. The molecule has 2 aromatic carbocycles. The van der Waals surface area contributed by atoms with Gasteiger partial charge in [0.25, 0.3) is 11.8 Å². The number of carbonyl (C=O) groups excluding carboxylic acids is 3. The van der Waals surface area contributed by atoms with Crippen LogP contribution in [0.4, 0.5) is 13.2 Å². The molecule has 0 aliphatic rings. The van der Waals surface area contributed by atoms with Crippen LogP contribution in [-0.4, -0.2) is 43.2 Å². The minimum Gasteiger partial charge on any atom is -0.457 e. The summed E-state index contributed by atoms with van der Waals surface area (Å²) in [6.07, 6.45) is -6.01. The fraction of sp³-hybridized carbons (Fsp3) is 0.250. The molecule has 0 bridgehead atoms. The van der Waals surface area contributed by atoms with E-state index in [9.17, 15) is 27.6 Å². The molecule has 2 aromatic rings. The molecule has 0 spiro atoms. The lowest BCUT2D eigenvalue weighted by Crippen LogP contribution is -2.42. The van der Waals surface area contributed by atoms with E-state index >= 15 is 0 Å². The molecule has 0 aromatic heterocycles. The number of esters is 1. The Bertz CT molecular complexity index is 870. The lowest BCUT2D eigenvalue weighted by Gasteiger charge is -2.14. The smallest absolute Gasteiger partial charge is 0.405 e. The summed E-state index contributed by atoms with van der Waals surface area (Å²) < 4.78 is 46.5. The average Bonchev–Trinajstić information content (AvgIpc) is 2.71. The number of nitrogens with one attached hydrogen (secondary N) is 2. The zero-order valence-corrected chi connectivity index (χ0v) is 15.9. The fourth-order valence-corrected chi connectivity index (χ4v) is 2.18. The van der Waals surface area contributed by atoms with Gasteiger partial charge in [0.05, 0.1) is 0 Å². The van der Waals surface area contributed by atoms with Gasteiger partial charge in [0.15, 0.2) is 6.10 Å². The van der Waals surface area contributed by atoms with Crippen molar-refractivity contribution in [3.8, 4) is 11.5 Å². The SMILES string of the molecule is CC(OC(=O)CNC(=O)c1ccc(Oc2ccccc2)cc1)C(=O)NCC(F)(F)F. The molecule has 0 aliphatic carbocycles. The predicted octanol–water partition coefficient (Wildman–Crippen LogP) is 2.82. The third-order valence-electron chi connectivity index (χ3n) is 3.63. The van der Waals surface area contributed by atoms with E-state index in [2.05, 4.69) is 5.32 Å². The third kappa shape index (κ3) is 7.82. The number of alkyl halides is 3. The van der Waals surface area contributed by atoms with E-state index in [1.54, 1.807) is 29.6 Å². The van der Waals surface area contributed by atoms with Crippen LogP contribution in [0.1, 0.15) is 17.3 Å². The Morgan fingerprint density at radius 1 is 0.933 bits per heavy atom. The van der Waals surface area contributed by atoms with Crippen molar-refractivity contribution in [3.63, 3.8) is 0 Å². The molecule has 1 unspecified atom stereocenters. The van der Waals surface area contributed by atoms with E-state index in [-0.39, 0.29) is 5.56 Å². The van der Waals surface area contributed by atoms with Crippen LogP contribution in [0.15, 0.2) is 54.6 Å². The summed E-state index contributed by atoms with van der Waals surface area (Å²) in [4.78, 5) is 35.2. The van der Waals surface area contributed by atoms with Gasteiger partial charge in [0.2, 0.25) is 0 Å². The summed E-state index contributed by atoms with van der Waals surface area (Å²) >= 11 is 0. The molecule has 30 heavy (non-hydrogen) atoms. The molecule has 1 atom stereocenters. The molecule has 0 saturated carbocycles. The second kappa shape index (κ2) is 10.3. The zero-order chi connectivity index (χ0) is 22.1. The Balaban J connectivity index is 1.77. The second-order valence-corrected chi connectivity index (χ2v) is 6.09. The van der Waals surface area contributed by atoms with Gasteiger partial charge in [-0.25, -0.2) is 0 Å². The van der Waals surface area contributed by atoms with Gasteiger partial charge in [-0.1, -0.05) is 18.2 Å². The molecule has 0 aliphatic heterocycles. The molecule has 0 saturated heterocycles. The van der Waals surface area contributed by atoms with Crippen LogP contribution in [-0.2, 0) is 14.3 Å². The quantitative estimate of drug-likeness (QED) is 0.636. The van der Waals surface area contributed by atoms with Crippen LogP contribution in [0.5, 0.6) is 11.5 Å². The fourth-order valence-electron chi connectivity index (χ4n) is 2.18. The number of ether oxygens (including phenoxy) is 2. The van der Waals surface area contributed by atoms with Gasteiger partial charge in [-0.2, -0.15) is 13.2 Å². The monoisotopic (exact) mass is 424 g/mol. The normalized spacial score (nSPS) is 11.9. The molecule has 0 heterocycles. The Morgan fingerprint density at radius 3 is 2.13 bits per heavy atom. The van der Waals surface area contributed by atoms with E-state index in [1.807, 2.05) is 18.2 Å². The van der Waals surface area contributed by atoms with Gasteiger partial charge in [-0.3, -0.25) is 14.4 Å². The van der Waals surface area contributed by atoms with Gasteiger partial charge in [-0.15, -0.1) is 0 Å². The molecule has 2 amide bonds. The highest BCUT2D eigenvalue weighted by atomic mass is 19.4. The van der Waals surface area contributed by atoms with E-state index in [0.29, 0.717) is 11.5 Å². The van der Waals surface area contributed by atoms with E-state index in [4.69, 9.17) is 9.47 Å². The van der Waals surface area contributed by atoms with Gasteiger partial charge >= 0.3 is 12.1 Å². The number of benzene rings is 2. The van der Waals surface area contributed by atoms with Crippen LogP contribution in [0.3, 0.4) is 0 Å². The largest absolute Gasteiger partial charge is 0.457 e. The van der Waals surface area contributed by atoms with Crippen molar-refractivity contribution in [3.05, 3.63) is 60.2 Å². The first kappa shape index (κ1) is 22.7. The minimum atomic E-state index is -4.57. The van der Waals surface area contributed by atoms with Gasteiger partial charge in [0.1, 0.15) is 24.6 Å². The van der Waals surface area contributed by atoms with E-state index < -0.39 is 43.2 Å². The highest BCUT2D eigenvalue weighted by molar-refractivity contribution is 5.96. The Kier molecular flexibility index (Phi) is 7.79. The van der Waals surface area contributed by atoms with Gasteiger partial charge < -0.3 is 20.1 Å². The number of amides is 2. The lowest BCUT2D eigenvalue weighted by atomic mass is 10.2. The van der Waals surface area contributed by atoms with Crippen LogP contribution in [0.2, 0.25) is 0 Å². The number of halogens is 3. The summed E-state index contributed by atoms with van der Waals surface area (Å²) in [5.41, 5.74) is 0.249. The van der Waals surface area contributed by atoms with Crippen LogP contribution in [0.25, 0.3) is 0 Å². The molecule has 160 valence electrons. The average molecular weight is 424 g/mol. The van der Waals surface area contributed by atoms with Crippen molar-refractivity contribution in [2.45, 2.75) is 19.2 Å². The molecule has 0 fully saturated rings. The first-order valence-corrected chi connectivity index (χ1v) is 8.79. The Morgan fingerprint density at radius 2 is 1.53 bits per heavy atom. The molecule has 2 rings (SSSR count). The summed E-state index contributed by atoms with van der Waals surface area (Å²) in [6, 6.07) is 15.2. The van der Waals surface area contributed by atoms with Crippen LogP contribution in [0, 0.1) is 0 Å². The maximum Gasteiger partial charge on any atom is 0.405 e. The maximum absolute atomic E-state index is 12.1. The summed E-state index contributed by atoms with van der Waals surface area (Å²) in [6.45, 7) is -0.969. The van der Waals surface area contributed by atoms with Crippen LogP contribution >= 0.6 is 0 Å². The first-order chi connectivity index (χ1) is 14.1. The number of hydrogen-bond acceptors (Lipinski definition) is 5. The molecule has 7 nitrogen and oxygen atoms in total. The van der Waals surface area contributed by atoms with Gasteiger partial charge in [0, 0.05) is 5.56 Å². The topological polar surface area (TPSA) is 93.7 Å². The molecule has 0 radical (unpaired) electrons. The Labute approximate surface area is 170 Å². The number of rotatable bonds is 8. The summed E-state index contributed by atoms with van der Waals surface area (Å²) in [5, 5.41) is 3.90. The van der Waals surface area contributed by atoms with E-state index in [1.165, 1.54) is 12.1 Å². The highest BCUT2D eigenvalue weighted by Gasteiger charge is 2.29. The second-order valence-electron chi connectivity index (χ2n) is 6.09. The third-order valence-corrected chi connectivity index (χ3v) is 3.63. The number of carbonyl (C=O) groups is 3. The van der Waals surface area contributed by atoms with E-state index in [0.717, 1.165) is 6.92 Å². The van der Waals surface area contributed by atoms with Crippen molar-refractivity contribution in [1.82, 2.24) is 10.6 Å². The van der Waals surface area contributed by atoms with Crippen molar-refractivity contribution in [2.24, 2.45) is 0 Å². The van der Waals surface area contributed by atoms with Gasteiger partial charge in [-0.05, 0) is 43.3 Å². The molecular formula is C20H19F3N2O5. The highest BCUT2D eigenvalue weighted by Crippen LogP contribution is 2.21. The van der Waals surface area contributed by atoms with Crippen LogP contribution < -0.4 is 15.4 Å². The number of para-hydroxylation sites is 1. The summed E-state index contributed by atoms with van der Waals surface area (Å²) in [5.74, 6) is -1.50. The zero-order valence-electron chi connectivity index (χ0n) is 15.9. The summed E-state index contributed by atoms with van der Waals surface area (Å²) in [7, 11) is 0. The predicted molar refractivity (Wildman–Crippen MR) is 99.9 cm³/mol. The molecule has 10 heteroatoms. The van der Waals surface area contributed by atoms with Crippen molar-refractivity contribution >= 4 is 17.8 Å². The standard InChI is InChI=1S/C20H19F3N2O5/c1-13(18(27)25-12-20(21,22)23)29-17(26)11-24-19(28)14-7-9-16(10-8-14)30-15-5-3-2-4-6-15/h2-10,13H,11-12H2,1H3,(H,24,28)(H,25,27).